The molecule has 1 fully saturated rings. The number of unbranched alkanes of at least 4 members (excludes halogenated alkanes) is 1. The number of hydrogen-bond acceptors (Lipinski definition) is 3. The van der Waals surface area contributed by atoms with Gasteiger partial charge in [-0.25, -0.2) is 0 Å². The molecule has 0 aromatic heterocycles. The number of rotatable bonds is 8. The Labute approximate surface area is 140 Å². The minimum absolute atomic E-state index is 0.0912. The lowest BCUT2D eigenvalue weighted by Crippen LogP contribution is -2.37. The molecule has 0 radical (unpaired) electrons. The van der Waals surface area contributed by atoms with Gasteiger partial charge in [-0.05, 0) is 31.2 Å². The van der Waals surface area contributed by atoms with Gasteiger partial charge in [-0.3, -0.25) is 4.79 Å². The molecule has 0 saturated carbocycles. The molecule has 0 unspecified atom stereocenters. The average Bonchev–Trinajstić information content (AvgIpc) is 2.53. The zero-order valence-electron chi connectivity index (χ0n) is 14.8. The van der Waals surface area contributed by atoms with Crippen LogP contribution in [0.5, 0.6) is 0 Å². The molecule has 0 N–H and O–H groups in total. The zero-order chi connectivity index (χ0) is 16.7. The third kappa shape index (κ3) is 6.08. The Kier molecular flexibility index (Phi) is 6.79. The predicted molar refractivity (Wildman–Crippen MR) is 92.7 cm³/mol. The average molecular weight is 318 g/mol. The maximum absolute atomic E-state index is 12.2. The topological polar surface area (TPSA) is 35.5 Å². The lowest BCUT2D eigenvalue weighted by molar-refractivity contribution is -0.224. The van der Waals surface area contributed by atoms with E-state index in [1.165, 1.54) is 5.56 Å². The summed E-state index contributed by atoms with van der Waals surface area (Å²) in [7, 11) is 0. The van der Waals surface area contributed by atoms with Crippen molar-refractivity contribution in [1.82, 2.24) is 0 Å². The minimum Gasteiger partial charge on any atom is -0.352 e. The van der Waals surface area contributed by atoms with Gasteiger partial charge in [-0.15, -0.1) is 0 Å². The smallest absolute Gasteiger partial charge is 0.162 e. The fraction of sp³-hybridized carbons (Fsp3) is 0.650. The molecular weight excluding hydrogens is 288 g/mol. The summed E-state index contributed by atoms with van der Waals surface area (Å²) in [5, 5.41) is 0. The second-order valence-electron chi connectivity index (χ2n) is 7.33. The molecule has 0 atom stereocenters. The molecule has 1 saturated heterocycles. The molecule has 2 rings (SSSR count). The van der Waals surface area contributed by atoms with Crippen LogP contribution in [0.15, 0.2) is 24.3 Å². The van der Waals surface area contributed by atoms with Gasteiger partial charge in [0.1, 0.15) is 0 Å². The molecule has 23 heavy (non-hydrogen) atoms. The monoisotopic (exact) mass is 318 g/mol. The maximum Gasteiger partial charge on any atom is 0.162 e. The highest BCUT2D eigenvalue weighted by atomic mass is 16.7. The highest BCUT2D eigenvalue weighted by Gasteiger charge is 2.27. The molecule has 0 amide bonds. The molecule has 128 valence electrons. The molecule has 1 aromatic carbocycles. The van der Waals surface area contributed by atoms with E-state index in [1.807, 2.05) is 12.1 Å². The Morgan fingerprint density at radius 1 is 1.13 bits per heavy atom. The van der Waals surface area contributed by atoms with Crippen LogP contribution >= 0.6 is 0 Å². The van der Waals surface area contributed by atoms with Crippen molar-refractivity contribution in [3.63, 3.8) is 0 Å². The molecular formula is C20H30O3. The van der Waals surface area contributed by atoms with Crippen LogP contribution in [0.4, 0.5) is 0 Å². The first-order valence-corrected chi connectivity index (χ1v) is 8.85. The number of Topliss-reactive ketones (excluding diaryl/α,β-unsaturated/α-hetero) is 1. The summed E-state index contributed by atoms with van der Waals surface area (Å²) in [5.41, 5.74) is 2.26. The lowest BCUT2D eigenvalue weighted by Gasteiger charge is -2.34. The largest absolute Gasteiger partial charge is 0.352 e. The van der Waals surface area contributed by atoms with E-state index in [0.29, 0.717) is 6.42 Å². The summed E-state index contributed by atoms with van der Waals surface area (Å²) < 4.78 is 11.4. The second kappa shape index (κ2) is 8.60. The van der Waals surface area contributed by atoms with Crippen molar-refractivity contribution in [3.05, 3.63) is 35.4 Å². The van der Waals surface area contributed by atoms with E-state index >= 15 is 0 Å². The Morgan fingerprint density at radius 3 is 2.39 bits per heavy atom. The summed E-state index contributed by atoms with van der Waals surface area (Å²) in [4.78, 5) is 12.2. The van der Waals surface area contributed by atoms with E-state index in [2.05, 4.69) is 32.9 Å². The van der Waals surface area contributed by atoms with E-state index in [0.717, 1.165) is 50.9 Å². The second-order valence-corrected chi connectivity index (χ2v) is 7.33. The summed E-state index contributed by atoms with van der Waals surface area (Å²) in [6.45, 7) is 7.96. The van der Waals surface area contributed by atoms with E-state index < -0.39 is 0 Å². The molecule has 1 aliphatic heterocycles. The fourth-order valence-corrected chi connectivity index (χ4v) is 2.78. The zero-order valence-corrected chi connectivity index (χ0v) is 14.8. The van der Waals surface area contributed by atoms with Gasteiger partial charge in [0.25, 0.3) is 0 Å². The van der Waals surface area contributed by atoms with Crippen LogP contribution in [0.1, 0.15) is 68.8 Å². The van der Waals surface area contributed by atoms with Gasteiger partial charge < -0.3 is 9.47 Å². The minimum atomic E-state index is -0.0912. The van der Waals surface area contributed by atoms with E-state index in [9.17, 15) is 4.79 Å². The predicted octanol–water partition coefficient (Wildman–Crippen LogP) is 4.78. The third-order valence-corrected chi connectivity index (χ3v) is 4.23. The van der Waals surface area contributed by atoms with Gasteiger partial charge in [-0.2, -0.15) is 0 Å². The highest BCUT2D eigenvalue weighted by molar-refractivity contribution is 5.96. The number of ketones is 1. The SMILES string of the molecule is CCCc1ccc(C(=O)CCCCC2OCC(C)(C)CO2)cc1. The normalized spacial score (nSPS) is 18.0. The van der Waals surface area contributed by atoms with Crippen molar-refractivity contribution in [1.29, 1.82) is 0 Å². The molecule has 3 nitrogen and oxygen atoms in total. The molecule has 0 spiro atoms. The van der Waals surface area contributed by atoms with Crippen molar-refractivity contribution >= 4 is 5.78 Å². The van der Waals surface area contributed by atoms with Crippen molar-refractivity contribution in [2.45, 2.75) is 65.6 Å². The Balaban J connectivity index is 1.65. The van der Waals surface area contributed by atoms with Crippen molar-refractivity contribution < 1.29 is 14.3 Å². The molecule has 1 heterocycles. The van der Waals surface area contributed by atoms with Gasteiger partial charge >= 0.3 is 0 Å². The molecule has 0 aliphatic carbocycles. The van der Waals surface area contributed by atoms with Crippen LogP contribution in [0.3, 0.4) is 0 Å². The van der Waals surface area contributed by atoms with Gasteiger partial charge in [0.15, 0.2) is 12.1 Å². The van der Waals surface area contributed by atoms with Gasteiger partial charge in [-0.1, -0.05) is 51.5 Å². The van der Waals surface area contributed by atoms with E-state index in [4.69, 9.17) is 9.47 Å². The van der Waals surface area contributed by atoms with Crippen LogP contribution in [0.2, 0.25) is 0 Å². The Bertz CT molecular complexity index is 480. The molecule has 3 heteroatoms. The summed E-state index contributed by atoms with van der Waals surface area (Å²) in [6, 6.07) is 8.07. The first kappa shape index (κ1) is 18.2. The Morgan fingerprint density at radius 2 is 1.78 bits per heavy atom. The number of carbonyl (C=O) groups excluding carboxylic acids is 1. The molecule has 0 bridgehead atoms. The molecule has 1 aromatic rings. The van der Waals surface area contributed by atoms with Crippen LogP contribution in [-0.2, 0) is 15.9 Å². The standard InChI is InChI=1S/C20H30O3/c1-4-7-16-10-12-17(13-11-16)18(21)8-5-6-9-19-22-14-20(2,3)15-23-19/h10-13,19H,4-9,14-15H2,1-3H3. The third-order valence-electron chi connectivity index (χ3n) is 4.23. The van der Waals surface area contributed by atoms with Crippen molar-refractivity contribution in [2.24, 2.45) is 5.41 Å². The summed E-state index contributed by atoms with van der Waals surface area (Å²) >= 11 is 0. The summed E-state index contributed by atoms with van der Waals surface area (Å²) in [6.07, 6.45) is 5.45. The van der Waals surface area contributed by atoms with Crippen LogP contribution in [0, 0.1) is 5.41 Å². The van der Waals surface area contributed by atoms with Crippen LogP contribution < -0.4 is 0 Å². The van der Waals surface area contributed by atoms with Gasteiger partial charge in [0.05, 0.1) is 13.2 Å². The number of ether oxygens (including phenoxy) is 2. The quantitative estimate of drug-likeness (QED) is 0.511. The number of carbonyl (C=O) groups is 1. The number of hydrogen-bond donors (Lipinski definition) is 0. The van der Waals surface area contributed by atoms with E-state index in [1.54, 1.807) is 0 Å². The number of benzene rings is 1. The number of aryl methyl sites for hydroxylation is 1. The Hall–Kier alpha value is -1.19. The van der Waals surface area contributed by atoms with Gasteiger partial charge in [0.2, 0.25) is 0 Å². The van der Waals surface area contributed by atoms with Crippen molar-refractivity contribution in [2.75, 3.05) is 13.2 Å². The summed E-state index contributed by atoms with van der Waals surface area (Å²) in [5.74, 6) is 0.236. The maximum atomic E-state index is 12.2. The van der Waals surface area contributed by atoms with Crippen LogP contribution in [0.25, 0.3) is 0 Å². The highest BCUT2D eigenvalue weighted by Crippen LogP contribution is 2.25. The first-order chi connectivity index (χ1) is 11.0. The molecule has 1 aliphatic rings. The van der Waals surface area contributed by atoms with Gasteiger partial charge in [0, 0.05) is 17.4 Å². The lowest BCUT2D eigenvalue weighted by atomic mass is 9.95. The van der Waals surface area contributed by atoms with Crippen LogP contribution in [-0.4, -0.2) is 25.3 Å². The fourth-order valence-electron chi connectivity index (χ4n) is 2.78. The first-order valence-electron chi connectivity index (χ1n) is 8.85. The van der Waals surface area contributed by atoms with E-state index in [-0.39, 0.29) is 17.5 Å². The van der Waals surface area contributed by atoms with Crippen molar-refractivity contribution in [3.8, 4) is 0 Å².